The summed E-state index contributed by atoms with van der Waals surface area (Å²) in [5.41, 5.74) is 0. The van der Waals surface area contributed by atoms with Gasteiger partial charge >= 0.3 is 19.3 Å². The Hall–Kier alpha value is 0.976. The summed E-state index contributed by atoms with van der Waals surface area (Å²) < 4.78 is 10.9. The number of hydrogen-bond donors (Lipinski definition) is 0. The Bertz CT molecular complexity index is 169. The van der Waals surface area contributed by atoms with Gasteiger partial charge in [-0.15, -0.1) is 4.05 Å². The zero-order valence-electron chi connectivity index (χ0n) is 11.9. The molecule has 0 aromatic heterocycles. The number of ether oxygens (including phenoxy) is 2. The van der Waals surface area contributed by atoms with Crippen LogP contribution in [0.25, 0.3) is 0 Å². The average molecular weight is 275 g/mol. The Labute approximate surface area is 120 Å². The highest BCUT2D eigenvalue weighted by Crippen LogP contribution is 2.24. The van der Waals surface area contributed by atoms with E-state index in [1.165, 1.54) is 19.3 Å². The van der Waals surface area contributed by atoms with Gasteiger partial charge in [-0.3, -0.25) is 0 Å². The summed E-state index contributed by atoms with van der Waals surface area (Å²) in [7, 11) is 7.63. The molecule has 4 heteroatoms. The minimum atomic E-state index is -0.326. The van der Waals surface area contributed by atoms with Crippen LogP contribution in [-0.2, 0) is 9.47 Å². The van der Waals surface area contributed by atoms with Crippen molar-refractivity contribution in [2.75, 3.05) is 20.5 Å². The molecule has 3 unspecified atom stereocenters. The lowest BCUT2D eigenvalue weighted by Crippen LogP contribution is -2.08. The van der Waals surface area contributed by atoms with Gasteiger partial charge in [0.05, 0.1) is 0 Å². The van der Waals surface area contributed by atoms with Gasteiger partial charge in [0, 0.05) is 13.7 Å². The Morgan fingerprint density at radius 3 is 2.41 bits per heavy atom. The second kappa shape index (κ2) is 12.0. The molecule has 0 fully saturated rings. The van der Waals surface area contributed by atoms with E-state index in [4.69, 9.17) is 18.5 Å². The maximum atomic E-state index is 5.98. The molecule has 0 amide bonds. The van der Waals surface area contributed by atoms with Crippen LogP contribution in [0.2, 0.25) is 4.05 Å². The number of hydrogen-bond acceptors (Lipinski definition) is 2. The number of rotatable bonds is 11. The second-order valence-corrected chi connectivity index (χ2v) is 8.03. The average Bonchev–Trinajstić information content (AvgIpc) is 2.28. The van der Waals surface area contributed by atoms with Crippen LogP contribution >= 0.6 is 9.07 Å². The van der Waals surface area contributed by atoms with Gasteiger partial charge in [-0.25, -0.2) is 0 Å². The highest BCUT2D eigenvalue weighted by atomic mass is 35.5. The molecule has 17 heavy (non-hydrogen) atoms. The van der Waals surface area contributed by atoms with Crippen molar-refractivity contribution in [1.82, 2.24) is 0 Å². The molecule has 0 radical (unpaired) electrons. The summed E-state index contributed by atoms with van der Waals surface area (Å²) in [6, 6.07) is 0. The van der Waals surface area contributed by atoms with Gasteiger partial charge in [0.1, 0.15) is 6.79 Å². The topological polar surface area (TPSA) is 18.5 Å². The lowest BCUT2D eigenvalue weighted by molar-refractivity contribution is -0.0323. The lowest BCUT2D eigenvalue weighted by Gasteiger charge is -2.19. The number of halogens is 1. The Kier molecular flexibility index (Phi) is 12.7. The maximum absolute atomic E-state index is 5.98. The van der Waals surface area contributed by atoms with Crippen LogP contribution in [-0.4, -0.2) is 39.8 Å². The van der Waals surface area contributed by atoms with Crippen molar-refractivity contribution in [3.8, 4) is 0 Å². The third-order valence-corrected chi connectivity index (χ3v) is 5.50. The van der Waals surface area contributed by atoms with Crippen LogP contribution in [0.1, 0.15) is 46.5 Å². The summed E-state index contributed by atoms with van der Waals surface area (Å²) in [4.78, 5) is 0. The van der Waals surface area contributed by atoms with Gasteiger partial charge in [-0.2, -0.15) is 0 Å². The highest BCUT2D eigenvalue weighted by Gasteiger charge is 2.13. The summed E-state index contributed by atoms with van der Waals surface area (Å²) in [5.74, 6) is 1.60. The molecule has 100 valence electrons. The fraction of sp³-hybridized carbons (Fsp3) is 1.00. The Morgan fingerprint density at radius 1 is 1.12 bits per heavy atom. The zero-order chi connectivity index (χ0) is 13.1. The van der Waals surface area contributed by atoms with E-state index in [1.54, 1.807) is 7.11 Å². The van der Waals surface area contributed by atoms with Crippen molar-refractivity contribution in [3.05, 3.63) is 0 Å². The molecule has 0 aromatic carbocycles. The third kappa shape index (κ3) is 11.8. The van der Waals surface area contributed by atoms with Gasteiger partial charge in [0.25, 0.3) is 0 Å². The molecule has 0 heterocycles. The molecule has 0 spiro atoms. The van der Waals surface area contributed by atoms with Crippen LogP contribution in [0, 0.1) is 11.8 Å². The number of methoxy groups -OCH3 is 1. The van der Waals surface area contributed by atoms with Crippen molar-refractivity contribution in [2.45, 2.75) is 50.5 Å². The fourth-order valence-electron chi connectivity index (χ4n) is 2.33. The van der Waals surface area contributed by atoms with Gasteiger partial charge in [-0.1, -0.05) is 27.2 Å². The standard InChI is InChI=1S/C13H27O2.ClH.Mg/c1-5-7-12(2)10-13(3)8-6-9-15-11-14-4;;/h5,12-13H,6-11H2,1-4H3;1H;/q;;+1/p-1. The van der Waals surface area contributed by atoms with E-state index in [0.29, 0.717) is 6.79 Å². The first-order chi connectivity index (χ1) is 8.10. The first-order valence-corrected chi connectivity index (χ1v) is 9.68. The quantitative estimate of drug-likeness (QED) is 0.321. The Balaban J connectivity index is 3.46. The first kappa shape index (κ1) is 18.0. The van der Waals surface area contributed by atoms with E-state index < -0.39 is 0 Å². The molecule has 0 N–H and O–H groups in total. The summed E-state index contributed by atoms with van der Waals surface area (Å²) in [6.45, 7) is 8.23. The van der Waals surface area contributed by atoms with Crippen LogP contribution in [0.3, 0.4) is 0 Å². The van der Waals surface area contributed by atoms with Gasteiger partial charge in [0.2, 0.25) is 0 Å². The second-order valence-electron chi connectivity index (χ2n) is 5.40. The van der Waals surface area contributed by atoms with E-state index in [2.05, 4.69) is 20.8 Å². The van der Waals surface area contributed by atoms with Crippen LogP contribution < -0.4 is 0 Å². The van der Waals surface area contributed by atoms with Gasteiger partial charge < -0.3 is 18.5 Å². The van der Waals surface area contributed by atoms with Gasteiger partial charge in [0.15, 0.2) is 0 Å². The lowest BCUT2D eigenvalue weighted by atomic mass is 9.91. The normalized spacial score (nSPS) is 16.3. The van der Waals surface area contributed by atoms with Crippen molar-refractivity contribution in [1.29, 1.82) is 0 Å². The van der Waals surface area contributed by atoms with E-state index in [9.17, 15) is 0 Å². The molecule has 0 bridgehead atoms. The van der Waals surface area contributed by atoms with E-state index in [0.717, 1.165) is 28.9 Å². The minimum Gasteiger partial charge on any atom is -0.359 e. The van der Waals surface area contributed by atoms with Crippen LogP contribution in [0.4, 0.5) is 0 Å². The monoisotopic (exact) mass is 274 g/mol. The van der Waals surface area contributed by atoms with Crippen molar-refractivity contribution in [2.24, 2.45) is 11.8 Å². The van der Waals surface area contributed by atoms with Crippen molar-refractivity contribution in [3.63, 3.8) is 0 Å². The SMILES string of the molecule is COCOCCCC(C)CC(C)C[CH](C)[Mg][Cl]. The van der Waals surface area contributed by atoms with E-state index >= 15 is 0 Å². The summed E-state index contributed by atoms with van der Waals surface area (Å²) in [5, 5.41) is 0. The maximum Gasteiger partial charge on any atom is 0.504 e. The van der Waals surface area contributed by atoms with Crippen LogP contribution in [0.15, 0.2) is 0 Å². The zero-order valence-corrected chi connectivity index (χ0v) is 14.0. The van der Waals surface area contributed by atoms with Gasteiger partial charge in [-0.05, 0) is 31.1 Å². The Morgan fingerprint density at radius 2 is 1.82 bits per heavy atom. The first-order valence-electron chi connectivity index (χ1n) is 6.72. The molecular formula is C13H27ClMgO2. The molecule has 0 aliphatic carbocycles. The predicted octanol–water partition coefficient (Wildman–Crippen LogP) is 4.11. The molecule has 2 nitrogen and oxygen atoms in total. The van der Waals surface area contributed by atoms with Crippen LogP contribution in [0.5, 0.6) is 0 Å². The molecule has 0 saturated carbocycles. The molecule has 3 atom stereocenters. The smallest absolute Gasteiger partial charge is 0.359 e. The molecule has 0 saturated heterocycles. The molecule has 0 aromatic rings. The minimum absolute atomic E-state index is 0.326. The largest absolute Gasteiger partial charge is 0.504 e. The van der Waals surface area contributed by atoms with Crippen molar-refractivity contribution < 1.29 is 9.47 Å². The highest BCUT2D eigenvalue weighted by molar-refractivity contribution is 6.94. The molecule has 0 aliphatic rings. The predicted molar refractivity (Wildman–Crippen MR) is 75.7 cm³/mol. The van der Waals surface area contributed by atoms with Crippen molar-refractivity contribution >= 4 is 28.3 Å². The molecule has 0 rings (SSSR count). The molecule has 0 aliphatic heterocycles. The van der Waals surface area contributed by atoms with E-state index in [-0.39, 0.29) is 19.3 Å². The van der Waals surface area contributed by atoms with E-state index in [1.807, 2.05) is 0 Å². The molecular weight excluding hydrogens is 248 g/mol. The fourth-order valence-corrected chi connectivity index (χ4v) is 3.40. The third-order valence-electron chi connectivity index (χ3n) is 3.06. The summed E-state index contributed by atoms with van der Waals surface area (Å²) >= 11 is -0.326. The summed E-state index contributed by atoms with van der Waals surface area (Å²) in [6.07, 6.45) is 5.01.